The first-order valence-electron chi connectivity index (χ1n) is 4.73. The van der Waals surface area contributed by atoms with Gasteiger partial charge < -0.3 is 4.74 Å². The van der Waals surface area contributed by atoms with Gasteiger partial charge >= 0.3 is 5.97 Å². The minimum atomic E-state index is -3.01. The molecule has 7 heteroatoms. The van der Waals surface area contributed by atoms with Crippen LogP contribution in [0.25, 0.3) is 0 Å². The van der Waals surface area contributed by atoms with Gasteiger partial charge in [-0.2, -0.15) is 0 Å². The molecule has 1 rings (SSSR count). The van der Waals surface area contributed by atoms with Crippen molar-refractivity contribution in [3.63, 3.8) is 0 Å². The van der Waals surface area contributed by atoms with Crippen LogP contribution in [0.2, 0.25) is 0 Å². The highest BCUT2D eigenvalue weighted by Crippen LogP contribution is 2.25. The second-order valence-corrected chi connectivity index (χ2v) is 4.23. The van der Waals surface area contributed by atoms with Crippen molar-refractivity contribution in [3.8, 4) is 0 Å². The summed E-state index contributed by atoms with van der Waals surface area (Å²) in [6.45, 7) is 1.76. The van der Waals surface area contributed by atoms with E-state index in [9.17, 15) is 18.0 Å². The van der Waals surface area contributed by atoms with E-state index in [1.165, 1.54) is 0 Å². The van der Waals surface area contributed by atoms with Gasteiger partial charge in [0.25, 0.3) is 6.43 Å². The maximum absolute atomic E-state index is 13.6. The second kappa shape index (κ2) is 6.18. The monoisotopic (exact) mass is 359 g/mol. The lowest BCUT2D eigenvalue weighted by atomic mass is 10.1. The van der Waals surface area contributed by atoms with E-state index in [-0.39, 0.29) is 18.6 Å². The first kappa shape index (κ1) is 14.2. The fourth-order valence-corrected chi connectivity index (χ4v) is 1.76. The summed E-state index contributed by atoms with van der Waals surface area (Å²) in [5.41, 5.74) is -1.04. The molecular weight excluding hydrogens is 350 g/mol. The number of rotatable bonds is 4. The SMILES string of the molecule is CCOC(=O)Cc1c(I)cnc(C(F)F)c1F. The molecule has 0 saturated heterocycles. The Morgan fingerprint density at radius 1 is 1.59 bits per heavy atom. The summed E-state index contributed by atoms with van der Waals surface area (Å²) < 4.78 is 43.4. The number of hydrogen-bond donors (Lipinski definition) is 0. The molecule has 0 bridgehead atoms. The zero-order valence-electron chi connectivity index (χ0n) is 8.84. The van der Waals surface area contributed by atoms with Crippen molar-refractivity contribution in [3.05, 3.63) is 26.8 Å². The Labute approximate surface area is 110 Å². The summed E-state index contributed by atoms with van der Waals surface area (Å²) in [7, 11) is 0. The van der Waals surface area contributed by atoms with Gasteiger partial charge in [0.2, 0.25) is 0 Å². The van der Waals surface area contributed by atoms with Gasteiger partial charge in [-0.1, -0.05) is 0 Å². The molecule has 0 aliphatic carbocycles. The van der Waals surface area contributed by atoms with E-state index in [1.54, 1.807) is 29.5 Å². The summed E-state index contributed by atoms with van der Waals surface area (Å²) in [5.74, 6) is -1.80. The van der Waals surface area contributed by atoms with Crippen LogP contribution in [0.1, 0.15) is 24.6 Å². The van der Waals surface area contributed by atoms with Crippen LogP contribution in [-0.2, 0) is 16.0 Å². The van der Waals surface area contributed by atoms with E-state index in [2.05, 4.69) is 9.72 Å². The Hall–Kier alpha value is -0.860. The topological polar surface area (TPSA) is 39.2 Å². The first-order chi connectivity index (χ1) is 7.97. The van der Waals surface area contributed by atoms with Crippen LogP contribution in [0, 0.1) is 9.39 Å². The van der Waals surface area contributed by atoms with E-state index in [1.807, 2.05) is 0 Å². The molecule has 0 aliphatic rings. The average molecular weight is 359 g/mol. The van der Waals surface area contributed by atoms with Crippen molar-refractivity contribution in [2.45, 2.75) is 19.8 Å². The molecule has 3 nitrogen and oxygen atoms in total. The van der Waals surface area contributed by atoms with Crippen molar-refractivity contribution < 1.29 is 22.7 Å². The molecular formula is C10H9F3INO2. The molecule has 0 aromatic carbocycles. The largest absolute Gasteiger partial charge is 0.466 e. The number of aromatic nitrogens is 1. The quantitative estimate of drug-likeness (QED) is 0.613. The maximum Gasteiger partial charge on any atom is 0.310 e. The molecule has 0 fully saturated rings. The van der Waals surface area contributed by atoms with Gasteiger partial charge in [0.05, 0.1) is 13.0 Å². The van der Waals surface area contributed by atoms with Crippen LogP contribution in [0.4, 0.5) is 13.2 Å². The number of ether oxygens (including phenoxy) is 1. The smallest absolute Gasteiger partial charge is 0.310 e. The number of carbonyl (C=O) groups is 1. The number of carbonyl (C=O) groups excluding carboxylic acids is 1. The third kappa shape index (κ3) is 3.55. The fraction of sp³-hybridized carbons (Fsp3) is 0.400. The minimum absolute atomic E-state index is 0.102. The Bertz CT molecular complexity index is 426. The molecule has 1 aromatic heterocycles. The summed E-state index contributed by atoms with van der Waals surface area (Å²) >= 11 is 1.73. The van der Waals surface area contributed by atoms with Gasteiger partial charge in [0, 0.05) is 15.3 Å². The third-order valence-corrected chi connectivity index (χ3v) is 2.86. The number of alkyl halides is 2. The molecule has 17 heavy (non-hydrogen) atoms. The van der Waals surface area contributed by atoms with Gasteiger partial charge in [-0.05, 0) is 29.5 Å². The van der Waals surface area contributed by atoms with Crippen molar-refractivity contribution in [2.24, 2.45) is 0 Å². The average Bonchev–Trinajstić information content (AvgIpc) is 2.24. The van der Waals surface area contributed by atoms with Gasteiger partial charge in [0.1, 0.15) is 5.69 Å². The number of halogens is 4. The van der Waals surface area contributed by atoms with Crippen LogP contribution >= 0.6 is 22.6 Å². The molecule has 1 aromatic rings. The van der Waals surface area contributed by atoms with Crippen molar-refractivity contribution >= 4 is 28.6 Å². The molecule has 0 unspecified atom stereocenters. The number of esters is 1. The zero-order valence-corrected chi connectivity index (χ0v) is 11.0. The molecule has 0 N–H and O–H groups in total. The first-order valence-corrected chi connectivity index (χ1v) is 5.81. The van der Waals surface area contributed by atoms with Gasteiger partial charge in [-0.3, -0.25) is 9.78 Å². The van der Waals surface area contributed by atoms with E-state index in [0.29, 0.717) is 3.57 Å². The molecule has 94 valence electrons. The molecule has 1 heterocycles. The van der Waals surface area contributed by atoms with E-state index in [0.717, 1.165) is 6.20 Å². The fourth-order valence-electron chi connectivity index (χ4n) is 1.19. The summed E-state index contributed by atoms with van der Waals surface area (Å²) in [6, 6.07) is 0. The molecule has 0 spiro atoms. The number of pyridine rings is 1. The lowest BCUT2D eigenvalue weighted by Crippen LogP contribution is -2.12. The van der Waals surface area contributed by atoms with Crippen molar-refractivity contribution in [1.82, 2.24) is 4.98 Å². The summed E-state index contributed by atoms with van der Waals surface area (Å²) in [6.07, 6.45) is -2.27. The van der Waals surface area contributed by atoms with Crippen LogP contribution < -0.4 is 0 Å². The Morgan fingerprint density at radius 2 is 2.24 bits per heavy atom. The van der Waals surface area contributed by atoms with Crippen LogP contribution in [0.5, 0.6) is 0 Å². The lowest BCUT2D eigenvalue weighted by Gasteiger charge is -2.08. The maximum atomic E-state index is 13.6. The Balaban J connectivity index is 3.05. The molecule has 0 aliphatic heterocycles. The molecule has 0 amide bonds. The van der Waals surface area contributed by atoms with E-state index in [4.69, 9.17) is 0 Å². The normalized spacial score (nSPS) is 10.7. The lowest BCUT2D eigenvalue weighted by molar-refractivity contribution is -0.142. The summed E-state index contributed by atoms with van der Waals surface area (Å²) in [5, 5.41) is 0. The van der Waals surface area contributed by atoms with E-state index >= 15 is 0 Å². The van der Waals surface area contributed by atoms with Gasteiger partial charge in [0.15, 0.2) is 5.82 Å². The predicted octanol–water partition coefficient (Wildman–Crippen LogP) is 2.87. The molecule has 0 saturated carbocycles. The van der Waals surface area contributed by atoms with Crippen molar-refractivity contribution in [2.75, 3.05) is 6.61 Å². The van der Waals surface area contributed by atoms with Crippen LogP contribution in [0.3, 0.4) is 0 Å². The standard InChI is InChI=1S/C10H9F3INO2/c1-2-17-7(16)3-5-6(14)4-15-9(8(5)11)10(12)13/h4,10H,2-3H2,1H3. The van der Waals surface area contributed by atoms with Crippen LogP contribution in [-0.4, -0.2) is 17.6 Å². The third-order valence-electron chi connectivity index (χ3n) is 1.93. The van der Waals surface area contributed by atoms with Gasteiger partial charge in [-0.15, -0.1) is 0 Å². The van der Waals surface area contributed by atoms with Gasteiger partial charge in [-0.25, -0.2) is 13.2 Å². The molecule has 0 atom stereocenters. The summed E-state index contributed by atoms with van der Waals surface area (Å²) in [4.78, 5) is 14.5. The van der Waals surface area contributed by atoms with Crippen LogP contribution in [0.15, 0.2) is 6.20 Å². The number of hydrogen-bond acceptors (Lipinski definition) is 3. The Kier molecular flexibility index (Phi) is 5.16. The molecule has 0 radical (unpaired) electrons. The highest BCUT2D eigenvalue weighted by Gasteiger charge is 2.22. The number of nitrogens with zero attached hydrogens (tertiary/aromatic N) is 1. The van der Waals surface area contributed by atoms with E-state index < -0.39 is 23.9 Å². The highest BCUT2D eigenvalue weighted by atomic mass is 127. The van der Waals surface area contributed by atoms with Crippen molar-refractivity contribution in [1.29, 1.82) is 0 Å². The predicted molar refractivity (Wildman–Crippen MR) is 62.2 cm³/mol. The zero-order chi connectivity index (χ0) is 13.0. The Morgan fingerprint density at radius 3 is 2.76 bits per heavy atom. The minimum Gasteiger partial charge on any atom is -0.466 e. The highest BCUT2D eigenvalue weighted by molar-refractivity contribution is 14.1. The second-order valence-electron chi connectivity index (χ2n) is 3.07.